The van der Waals surface area contributed by atoms with Crippen molar-refractivity contribution in [2.45, 2.75) is 6.04 Å². The number of rotatable bonds is 10. The first-order valence-corrected chi connectivity index (χ1v) is 11.7. The van der Waals surface area contributed by atoms with Crippen LogP contribution in [0.2, 0.25) is 0 Å². The molecule has 1 fully saturated rings. The first-order chi connectivity index (χ1) is 17.5. The lowest BCUT2D eigenvalue weighted by Crippen LogP contribution is -2.41. The van der Waals surface area contributed by atoms with Gasteiger partial charge in [-0.1, -0.05) is 36.4 Å². The van der Waals surface area contributed by atoms with Gasteiger partial charge in [-0.05, 0) is 29.8 Å². The molecule has 4 rings (SSSR count). The monoisotopic (exact) mass is 491 g/mol. The van der Waals surface area contributed by atoms with Crippen LogP contribution < -0.4 is 14.8 Å². The standard InChI is InChI=1S/C27H29N3O6/c1-34-25-11-9-20(17-26(25)35-2)24(29-12-14-36-15-13-29)18-28-22-10-8-21(16-23(22)30(32)33)27(31)19-6-4-3-5-7-19/h3-11,16-17,24,28H,12-15,18H2,1-2H3/t24-/m0/s1. The predicted molar refractivity (Wildman–Crippen MR) is 136 cm³/mol. The van der Waals surface area contributed by atoms with Crippen molar-refractivity contribution in [3.05, 3.63) is 93.5 Å². The Morgan fingerprint density at radius 1 is 1.00 bits per heavy atom. The summed E-state index contributed by atoms with van der Waals surface area (Å²) in [4.78, 5) is 26.5. The van der Waals surface area contributed by atoms with Gasteiger partial charge in [-0.2, -0.15) is 0 Å². The van der Waals surface area contributed by atoms with Crippen LogP contribution >= 0.6 is 0 Å². The number of benzene rings is 3. The molecule has 1 N–H and O–H groups in total. The molecule has 1 aliphatic rings. The number of nitrogens with zero attached hydrogens (tertiary/aromatic N) is 2. The molecule has 0 aliphatic carbocycles. The van der Waals surface area contributed by atoms with Gasteiger partial charge in [-0.15, -0.1) is 0 Å². The molecule has 0 bridgehead atoms. The largest absolute Gasteiger partial charge is 0.493 e. The molecule has 0 spiro atoms. The average Bonchev–Trinajstić information content (AvgIpc) is 2.93. The van der Waals surface area contributed by atoms with Crippen molar-refractivity contribution in [2.75, 3.05) is 52.4 Å². The van der Waals surface area contributed by atoms with E-state index in [1.807, 2.05) is 24.3 Å². The third kappa shape index (κ3) is 5.64. The van der Waals surface area contributed by atoms with Crippen LogP contribution in [-0.2, 0) is 4.74 Å². The maximum Gasteiger partial charge on any atom is 0.293 e. The minimum absolute atomic E-state index is 0.0982. The number of morpholine rings is 1. The number of hydrogen-bond acceptors (Lipinski definition) is 8. The molecule has 3 aromatic carbocycles. The zero-order valence-electron chi connectivity index (χ0n) is 20.3. The van der Waals surface area contributed by atoms with Crippen LogP contribution in [0.25, 0.3) is 0 Å². The van der Waals surface area contributed by atoms with Crippen molar-refractivity contribution in [1.82, 2.24) is 4.90 Å². The molecule has 1 saturated heterocycles. The Balaban J connectivity index is 1.61. The molecule has 1 heterocycles. The Hall–Kier alpha value is -3.95. The number of hydrogen-bond donors (Lipinski definition) is 1. The molecule has 9 heteroatoms. The van der Waals surface area contributed by atoms with E-state index in [1.54, 1.807) is 50.6 Å². The Morgan fingerprint density at radius 3 is 2.39 bits per heavy atom. The number of carbonyl (C=O) groups is 1. The molecule has 36 heavy (non-hydrogen) atoms. The van der Waals surface area contributed by atoms with Crippen molar-refractivity contribution in [2.24, 2.45) is 0 Å². The van der Waals surface area contributed by atoms with Crippen molar-refractivity contribution in [1.29, 1.82) is 0 Å². The summed E-state index contributed by atoms with van der Waals surface area (Å²) in [5.74, 6) is 0.981. The maximum absolute atomic E-state index is 12.8. The number of methoxy groups -OCH3 is 2. The van der Waals surface area contributed by atoms with Crippen molar-refractivity contribution < 1.29 is 23.9 Å². The number of nitro groups is 1. The van der Waals surface area contributed by atoms with Gasteiger partial charge in [0.15, 0.2) is 17.3 Å². The van der Waals surface area contributed by atoms with Gasteiger partial charge in [0, 0.05) is 36.8 Å². The average molecular weight is 492 g/mol. The SMILES string of the molecule is COc1ccc([C@H](CNc2ccc(C(=O)c3ccccc3)cc2[N+](=O)[O-])N2CCOCC2)cc1OC. The van der Waals surface area contributed by atoms with Crippen molar-refractivity contribution in [3.8, 4) is 11.5 Å². The number of carbonyl (C=O) groups excluding carboxylic acids is 1. The van der Waals surface area contributed by atoms with Gasteiger partial charge in [-0.25, -0.2) is 0 Å². The first kappa shape index (κ1) is 25.2. The molecule has 0 amide bonds. The minimum Gasteiger partial charge on any atom is -0.493 e. The Kier molecular flexibility index (Phi) is 8.14. The molecule has 1 atom stereocenters. The third-order valence-corrected chi connectivity index (χ3v) is 6.26. The number of nitro benzene ring substituents is 1. The second kappa shape index (κ2) is 11.7. The predicted octanol–water partition coefficient (Wildman–Crippen LogP) is 4.33. The van der Waals surface area contributed by atoms with Crippen LogP contribution in [0.4, 0.5) is 11.4 Å². The molecule has 0 aromatic heterocycles. The summed E-state index contributed by atoms with van der Waals surface area (Å²) in [7, 11) is 3.18. The van der Waals surface area contributed by atoms with Crippen LogP contribution in [0.1, 0.15) is 27.5 Å². The van der Waals surface area contributed by atoms with Gasteiger partial charge in [0.1, 0.15) is 5.69 Å². The normalized spacial score (nSPS) is 14.6. The van der Waals surface area contributed by atoms with E-state index in [1.165, 1.54) is 6.07 Å². The molecule has 0 unspecified atom stereocenters. The van der Waals surface area contributed by atoms with Crippen LogP contribution in [0.3, 0.4) is 0 Å². The number of ether oxygens (including phenoxy) is 3. The summed E-state index contributed by atoms with van der Waals surface area (Å²) in [6, 6.07) is 18.9. The quantitative estimate of drug-likeness (QED) is 0.254. The lowest BCUT2D eigenvalue weighted by Gasteiger charge is -2.35. The van der Waals surface area contributed by atoms with Crippen LogP contribution in [0.15, 0.2) is 66.7 Å². The van der Waals surface area contributed by atoms with Crippen molar-refractivity contribution in [3.63, 3.8) is 0 Å². The van der Waals surface area contributed by atoms with Gasteiger partial charge in [0.2, 0.25) is 0 Å². The smallest absolute Gasteiger partial charge is 0.293 e. The van der Waals surface area contributed by atoms with Gasteiger partial charge >= 0.3 is 0 Å². The summed E-state index contributed by atoms with van der Waals surface area (Å²) >= 11 is 0. The fourth-order valence-corrected chi connectivity index (χ4v) is 4.34. The number of nitrogens with one attached hydrogen (secondary N) is 1. The summed E-state index contributed by atoms with van der Waals surface area (Å²) in [6.07, 6.45) is 0. The molecular weight excluding hydrogens is 462 g/mol. The summed E-state index contributed by atoms with van der Waals surface area (Å²) in [5.41, 5.74) is 1.94. The summed E-state index contributed by atoms with van der Waals surface area (Å²) < 4.78 is 16.4. The van der Waals surface area contributed by atoms with E-state index in [-0.39, 0.29) is 23.1 Å². The Bertz CT molecular complexity index is 1210. The van der Waals surface area contributed by atoms with Gasteiger partial charge in [-0.3, -0.25) is 19.8 Å². The zero-order valence-corrected chi connectivity index (χ0v) is 20.3. The summed E-state index contributed by atoms with van der Waals surface area (Å²) in [5, 5.41) is 15.2. The van der Waals surface area contributed by atoms with Crippen molar-refractivity contribution >= 4 is 17.2 Å². The van der Waals surface area contributed by atoms with Gasteiger partial charge in [0.05, 0.1) is 38.4 Å². The minimum atomic E-state index is -0.468. The molecular formula is C27H29N3O6. The lowest BCUT2D eigenvalue weighted by atomic mass is 10.0. The van der Waals surface area contributed by atoms with Crippen LogP contribution in [0.5, 0.6) is 11.5 Å². The highest BCUT2D eigenvalue weighted by atomic mass is 16.6. The molecule has 0 radical (unpaired) electrons. The van der Waals surface area contributed by atoms with E-state index in [0.717, 1.165) is 18.7 Å². The van der Waals surface area contributed by atoms with E-state index >= 15 is 0 Å². The van der Waals surface area contributed by atoms with E-state index in [0.29, 0.717) is 42.5 Å². The number of ketones is 1. The van der Waals surface area contributed by atoms with E-state index in [9.17, 15) is 14.9 Å². The molecule has 188 valence electrons. The second-order valence-corrected chi connectivity index (χ2v) is 8.34. The highest BCUT2D eigenvalue weighted by Gasteiger charge is 2.25. The maximum atomic E-state index is 12.8. The summed E-state index contributed by atoms with van der Waals surface area (Å²) in [6.45, 7) is 3.09. The first-order valence-electron chi connectivity index (χ1n) is 11.7. The Morgan fingerprint density at radius 2 is 1.72 bits per heavy atom. The fourth-order valence-electron chi connectivity index (χ4n) is 4.34. The van der Waals surface area contributed by atoms with E-state index < -0.39 is 4.92 Å². The zero-order chi connectivity index (χ0) is 25.5. The van der Waals surface area contributed by atoms with Gasteiger partial charge in [0.25, 0.3) is 5.69 Å². The van der Waals surface area contributed by atoms with Crippen LogP contribution in [-0.4, -0.2) is 62.7 Å². The second-order valence-electron chi connectivity index (χ2n) is 8.34. The molecule has 9 nitrogen and oxygen atoms in total. The fraction of sp³-hybridized carbons (Fsp3) is 0.296. The number of anilines is 1. The lowest BCUT2D eigenvalue weighted by molar-refractivity contribution is -0.384. The highest BCUT2D eigenvalue weighted by Crippen LogP contribution is 2.33. The van der Waals surface area contributed by atoms with Gasteiger partial charge < -0.3 is 19.5 Å². The Labute approximate surface area is 209 Å². The highest BCUT2D eigenvalue weighted by molar-refractivity contribution is 6.09. The van der Waals surface area contributed by atoms with E-state index in [2.05, 4.69) is 10.2 Å². The van der Waals surface area contributed by atoms with Crippen LogP contribution in [0, 0.1) is 10.1 Å². The molecule has 3 aromatic rings. The van der Waals surface area contributed by atoms with E-state index in [4.69, 9.17) is 14.2 Å². The molecule has 0 saturated carbocycles. The topological polar surface area (TPSA) is 103 Å². The third-order valence-electron chi connectivity index (χ3n) is 6.26. The molecule has 1 aliphatic heterocycles.